The lowest BCUT2D eigenvalue weighted by molar-refractivity contribution is -0.111. The third-order valence-corrected chi connectivity index (χ3v) is 4.46. The molecule has 7 heteroatoms. The van der Waals surface area contributed by atoms with Crippen molar-refractivity contribution in [1.29, 1.82) is 0 Å². The SMILES string of the molecule is CC=CC(=O)Nc1cc2c(Nc3ccc(OCc4ccccc4)cc3)ncnc2cn1. The van der Waals surface area contributed by atoms with Gasteiger partial charge in [-0.3, -0.25) is 4.79 Å². The fraction of sp³-hybridized carbons (Fsp3) is 0.0833. The molecule has 2 N–H and O–H groups in total. The van der Waals surface area contributed by atoms with Crippen LogP contribution in [0.4, 0.5) is 17.3 Å². The standard InChI is InChI=1S/C24H21N5O2/c1-2-6-23(30)29-22-13-20-21(14-25-22)26-16-27-24(20)28-18-9-11-19(12-10-18)31-15-17-7-4-3-5-8-17/h2-14,16H,15H2,1H3,(H,25,29,30)(H,26,27,28). The number of carbonyl (C=O) groups is 1. The molecule has 0 aliphatic heterocycles. The van der Waals surface area contributed by atoms with Crippen LogP contribution in [-0.4, -0.2) is 20.9 Å². The second kappa shape index (κ2) is 9.49. The number of pyridine rings is 1. The molecule has 154 valence electrons. The minimum absolute atomic E-state index is 0.244. The van der Waals surface area contributed by atoms with E-state index in [1.807, 2.05) is 54.6 Å². The average molecular weight is 411 g/mol. The molecule has 0 bridgehead atoms. The van der Waals surface area contributed by atoms with Gasteiger partial charge in [-0.05, 0) is 48.9 Å². The molecule has 0 spiro atoms. The first kappa shape index (κ1) is 20.0. The van der Waals surface area contributed by atoms with Crippen molar-refractivity contribution in [2.45, 2.75) is 13.5 Å². The molecule has 2 aromatic heterocycles. The molecular weight excluding hydrogens is 390 g/mol. The summed E-state index contributed by atoms with van der Waals surface area (Å²) < 4.78 is 5.83. The molecule has 4 rings (SSSR count). The Morgan fingerprint density at radius 1 is 1.03 bits per heavy atom. The Morgan fingerprint density at radius 2 is 1.84 bits per heavy atom. The van der Waals surface area contributed by atoms with Crippen LogP contribution in [0.15, 0.2) is 85.3 Å². The van der Waals surface area contributed by atoms with E-state index in [-0.39, 0.29) is 5.91 Å². The maximum absolute atomic E-state index is 11.8. The van der Waals surface area contributed by atoms with Crippen molar-refractivity contribution in [1.82, 2.24) is 15.0 Å². The first-order valence-electron chi connectivity index (χ1n) is 9.79. The predicted octanol–water partition coefficient (Wildman–Crippen LogP) is 4.86. The first-order valence-corrected chi connectivity index (χ1v) is 9.79. The van der Waals surface area contributed by atoms with Crippen LogP contribution in [0.1, 0.15) is 12.5 Å². The van der Waals surface area contributed by atoms with Crippen molar-refractivity contribution < 1.29 is 9.53 Å². The molecule has 31 heavy (non-hydrogen) atoms. The van der Waals surface area contributed by atoms with Crippen LogP contribution in [0.5, 0.6) is 5.75 Å². The van der Waals surface area contributed by atoms with E-state index < -0.39 is 0 Å². The lowest BCUT2D eigenvalue weighted by Crippen LogP contribution is -2.09. The highest BCUT2D eigenvalue weighted by atomic mass is 16.5. The molecule has 0 saturated heterocycles. The van der Waals surface area contributed by atoms with E-state index in [0.29, 0.717) is 23.8 Å². The Bertz CT molecular complexity index is 1210. The van der Waals surface area contributed by atoms with Crippen molar-refractivity contribution in [3.63, 3.8) is 0 Å². The van der Waals surface area contributed by atoms with Crippen LogP contribution in [0.3, 0.4) is 0 Å². The lowest BCUT2D eigenvalue weighted by Gasteiger charge is -2.11. The van der Waals surface area contributed by atoms with Gasteiger partial charge in [0.1, 0.15) is 30.3 Å². The molecule has 0 aliphatic rings. The van der Waals surface area contributed by atoms with Gasteiger partial charge in [-0.2, -0.15) is 0 Å². The number of hydrogen-bond donors (Lipinski definition) is 2. The number of nitrogens with zero attached hydrogens (tertiary/aromatic N) is 3. The molecule has 0 fully saturated rings. The fourth-order valence-corrected chi connectivity index (χ4v) is 2.96. The molecule has 2 heterocycles. The summed E-state index contributed by atoms with van der Waals surface area (Å²) in [6, 6.07) is 19.4. The van der Waals surface area contributed by atoms with Crippen molar-refractivity contribution in [3.8, 4) is 5.75 Å². The maximum Gasteiger partial charge on any atom is 0.249 e. The van der Waals surface area contributed by atoms with E-state index in [1.54, 1.807) is 25.3 Å². The zero-order chi connectivity index (χ0) is 21.5. The minimum atomic E-state index is -0.244. The molecule has 0 saturated carbocycles. The van der Waals surface area contributed by atoms with Gasteiger partial charge in [-0.1, -0.05) is 36.4 Å². The summed E-state index contributed by atoms with van der Waals surface area (Å²) in [4.78, 5) is 24.6. The van der Waals surface area contributed by atoms with Gasteiger partial charge in [0.25, 0.3) is 0 Å². The van der Waals surface area contributed by atoms with Gasteiger partial charge in [-0.15, -0.1) is 0 Å². The number of aromatic nitrogens is 3. The smallest absolute Gasteiger partial charge is 0.249 e. The van der Waals surface area contributed by atoms with E-state index in [9.17, 15) is 4.79 Å². The highest BCUT2D eigenvalue weighted by Gasteiger charge is 2.08. The second-order valence-electron chi connectivity index (χ2n) is 6.72. The van der Waals surface area contributed by atoms with Crippen LogP contribution in [0.25, 0.3) is 10.9 Å². The summed E-state index contributed by atoms with van der Waals surface area (Å²) in [7, 11) is 0. The number of ether oxygens (including phenoxy) is 1. The predicted molar refractivity (Wildman–Crippen MR) is 121 cm³/mol. The van der Waals surface area contributed by atoms with Crippen molar-refractivity contribution in [2.24, 2.45) is 0 Å². The number of rotatable bonds is 7. The number of amides is 1. The maximum atomic E-state index is 11.8. The number of anilines is 3. The van der Waals surface area contributed by atoms with Crippen LogP contribution in [-0.2, 0) is 11.4 Å². The Kier molecular flexibility index (Phi) is 6.13. The number of fused-ring (bicyclic) bond motifs is 1. The van der Waals surface area contributed by atoms with E-state index in [1.165, 1.54) is 12.4 Å². The van der Waals surface area contributed by atoms with Crippen LogP contribution in [0, 0.1) is 0 Å². The van der Waals surface area contributed by atoms with Crippen molar-refractivity contribution in [3.05, 3.63) is 90.9 Å². The minimum Gasteiger partial charge on any atom is -0.489 e. The van der Waals surface area contributed by atoms with Gasteiger partial charge in [0.15, 0.2) is 0 Å². The third-order valence-electron chi connectivity index (χ3n) is 4.46. The monoisotopic (exact) mass is 411 g/mol. The molecule has 7 nitrogen and oxygen atoms in total. The number of allylic oxidation sites excluding steroid dienone is 1. The zero-order valence-corrected chi connectivity index (χ0v) is 16.9. The van der Waals surface area contributed by atoms with E-state index in [0.717, 1.165) is 22.4 Å². The highest BCUT2D eigenvalue weighted by molar-refractivity contribution is 6.00. The average Bonchev–Trinajstić information content (AvgIpc) is 2.80. The summed E-state index contributed by atoms with van der Waals surface area (Å²) in [5.74, 6) is 1.58. The van der Waals surface area contributed by atoms with E-state index >= 15 is 0 Å². The normalized spacial score (nSPS) is 10.9. The number of nitrogens with one attached hydrogen (secondary N) is 2. The van der Waals surface area contributed by atoms with Gasteiger partial charge >= 0.3 is 0 Å². The van der Waals surface area contributed by atoms with Gasteiger partial charge in [0.2, 0.25) is 5.91 Å². The van der Waals surface area contributed by atoms with Gasteiger partial charge < -0.3 is 15.4 Å². The van der Waals surface area contributed by atoms with E-state index in [4.69, 9.17) is 4.74 Å². The van der Waals surface area contributed by atoms with E-state index in [2.05, 4.69) is 25.6 Å². The summed E-state index contributed by atoms with van der Waals surface area (Å²) >= 11 is 0. The molecule has 0 aliphatic carbocycles. The molecule has 2 aromatic carbocycles. The van der Waals surface area contributed by atoms with Gasteiger partial charge in [0.05, 0.1) is 11.7 Å². The third kappa shape index (κ3) is 5.22. The number of carbonyl (C=O) groups excluding carboxylic acids is 1. The Morgan fingerprint density at radius 3 is 2.61 bits per heavy atom. The second-order valence-corrected chi connectivity index (χ2v) is 6.72. The lowest BCUT2D eigenvalue weighted by atomic mass is 10.2. The number of benzene rings is 2. The summed E-state index contributed by atoms with van der Waals surface area (Å²) in [5, 5.41) is 6.76. The quantitative estimate of drug-likeness (QED) is 0.422. The molecule has 0 atom stereocenters. The largest absolute Gasteiger partial charge is 0.489 e. The summed E-state index contributed by atoms with van der Waals surface area (Å²) in [6.45, 7) is 2.29. The topological polar surface area (TPSA) is 89.0 Å². The summed E-state index contributed by atoms with van der Waals surface area (Å²) in [5.41, 5.74) is 2.64. The van der Waals surface area contributed by atoms with Crippen LogP contribution < -0.4 is 15.4 Å². The number of hydrogen-bond acceptors (Lipinski definition) is 6. The van der Waals surface area contributed by atoms with Gasteiger partial charge in [-0.25, -0.2) is 15.0 Å². The summed E-state index contributed by atoms with van der Waals surface area (Å²) in [6.07, 6.45) is 6.18. The molecule has 0 unspecified atom stereocenters. The van der Waals surface area contributed by atoms with Crippen LogP contribution in [0.2, 0.25) is 0 Å². The zero-order valence-electron chi connectivity index (χ0n) is 16.9. The molecular formula is C24H21N5O2. The Hall–Kier alpha value is -4.26. The van der Waals surface area contributed by atoms with Crippen LogP contribution >= 0.6 is 0 Å². The fourth-order valence-electron chi connectivity index (χ4n) is 2.96. The highest BCUT2D eigenvalue weighted by Crippen LogP contribution is 2.26. The van der Waals surface area contributed by atoms with Gasteiger partial charge in [0, 0.05) is 11.1 Å². The Labute approximate surface area is 179 Å². The molecule has 4 aromatic rings. The molecule has 1 amide bonds. The van der Waals surface area contributed by atoms with Crippen molar-refractivity contribution in [2.75, 3.05) is 10.6 Å². The Balaban J connectivity index is 1.49. The first-order chi connectivity index (χ1) is 15.2. The van der Waals surface area contributed by atoms with Crippen molar-refractivity contribution >= 4 is 34.1 Å². The molecule has 0 radical (unpaired) electrons.